The Hall–Kier alpha value is -2.29. The third-order valence-electron chi connectivity index (χ3n) is 4.11. The van der Waals surface area contributed by atoms with Crippen LogP contribution in [0, 0.1) is 0 Å². The summed E-state index contributed by atoms with van der Waals surface area (Å²) in [4.78, 5) is 12.4. The summed E-state index contributed by atoms with van der Waals surface area (Å²) >= 11 is 0. The number of fused-ring (bicyclic) bond motifs is 1. The highest BCUT2D eigenvalue weighted by Gasteiger charge is 2.24. The van der Waals surface area contributed by atoms with Crippen LogP contribution in [0.2, 0.25) is 0 Å². The molecule has 3 rings (SSSR count). The molecule has 0 bridgehead atoms. The maximum absolute atomic E-state index is 12.4. The van der Waals surface area contributed by atoms with Gasteiger partial charge in [0, 0.05) is 0 Å². The molecule has 2 aromatic carbocycles. The molecule has 0 spiro atoms. The van der Waals surface area contributed by atoms with Gasteiger partial charge in [0.05, 0.1) is 6.04 Å². The first kappa shape index (κ1) is 14.6. The van der Waals surface area contributed by atoms with Gasteiger partial charge >= 0.3 is 0 Å². The molecule has 1 aliphatic rings. The predicted octanol–water partition coefficient (Wildman–Crippen LogP) is 3.65. The van der Waals surface area contributed by atoms with Crippen LogP contribution in [0.1, 0.15) is 36.9 Å². The van der Waals surface area contributed by atoms with E-state index in [1.807, 2.05) is 36.4 Å². The van der Waals surface area contributed by atoms with Crippen LogP contribution in [-0.4, -0.2) is 12.0 Å². The Morgan fingerprint density at radius 2 is 1.86 bits per heavy atom. The molecule has 0 unspecified atom stereocenters. The van der Waals surface area contributed by atoms with Gasteiger partial charge in [-0.05, 0) is 49.4 Å². The Morgan fingerprint density at radius 3 is 2.68 bits per heavy atom. The summed E-state index contributed by atoms with van der Waals surface area (Å²) in [6.07, 6.45) is 2.69. The number of hydrogen-bond acceptors (Lipinski definition) is 2. The average molecular weight is 295 g/mol. The number of benzene rings is 2. The molecule has 2 aromatic rings. The number of para-hydroxylation sites is 1. The smallest absolute Gasteiger partial charge is 0.261 e. The van der Waals surface area contributed by atoms with Gasteiger partial charge in [-0.2, -0.15) is 0 Å². The maximum atomic E-state index is 12.4. The zero-order valence-corrected chi connectivity index (χ0v) is 12.8. The Labute approximate surface area is 131 Å². The second-order valence-electron chi connectivity index (χ2n) is 5.73. The van der Waals surface area contributed by atoms with E-state index in [4.69, 9.17) is 4.74 Å². The molecule has 114 valence electrons. The van der Waals surface area contributed by atoms with Gasteiger partial charge < -0.3 is 10.1 Å². The lowest BCUT2D eigenvalue weighted by Gasteiger charge is -2.27. The van der Waals surface area contributed by atoms with Crippen molar-refractivity contribution >= 4 is 5.91 Å². The molecular formula is C19H21NO2. The number of aryl methyl sites for hydroxylation is 1. The largest absolute Gasteiger partial charge is 0.481 e. The summed E-state index contributed by atoms with van der Waals surface area (Å²) in [7, 11) is 0. The van der Waals surface area contributed by atoms with Crippen molar-refractivity contribution < 1.29 is 9.53 Å². The van der Waals surface area contributed by atoms with Crippen molar-refractivity contribution in [3.05, 3.63) is 65.7 Å². The zero-order valence-electron chi connectivity index (χ0n) is 12.8. The fourth-order valence-corrected chi connectivity index (χ4v) is 2.95. The highest BCUT2D eigenvalue weighted by Crippen LogP contribution is 2.29. The van der Waals surface area contributed by atoms with Crippen molar-refractivity contribution in [1.29, 1.82) is 0 Å². The predicted molar refractivity (Wildman–Crippen MR) is 86.8 cm³/mol. The molecule has 1 amide bonds. The first-order chi connectivity index (χ1) is 10.7. The van der Waals surface area contributed by atoms with E-state index in [0.717, 1.165) is 19.3 Å². The van der Waals surface area contributed by atoms with Crippen molar-refractivity contribution in [3.63, 3.8) is 0 Å². The molecule has 2 atom stereocenters. The van der Waals surface area contributed by atoms with Gasteiger partial charge in [0.25, 0.3) is 5.91 Å². The van der Waals surface area contributed by atoms with E-state index < -0.39 is 6.10 Å². The van der Waals surface area contributed by atoms with Crippen LogP contribution in [0.3, 0.4) is 0 Å². The number of rotatable bonds is 4. The molecule has 1 aliphatic carbocycles. The van der Waals surface area contributed by atoms with Crippen LogP contribution in [-0.2, 0) is 11.2 Å². The number of hydrogen-bond donors (Lipinski definition) is 1. The van der Waals surface area contributed by atoms with Crippen LogP contribution < -0.4 is 10.1 Å². The van der Waals surface area contributed by atoms with E-state index >= 15 is 0 Å². The summed E-state index contributed by atoms with van der Waals surface area (Å²) in [5.41, 5.74) is 2.59. The summed E-state index contributed by atoms with van der Waals surface area (Å²) in [5, 5.41) is 3.13. The van der Waals surface area contributed by atoms with Gasteiger partial charge in [-0.25, -0.2) is 0 Å². The number of carbonyl (C=O) groups excluding carboxylic acids is 1. The fraction of sp³-hybridized carbons (Fsp3) is 0.316. The van der Waals surface area contributed by atoms with E-state index in [-0.39, 0.29) is 11.9 Å². The lowest BCUT2D eigenvalue weighted by atomic mass is 9.87. The number of carbonyl (C=O) groups is 1. The highest BCUT2D eigenvalue weighted by molar-refractivity contribution is 5.81. The van der Waals surface area contributed by atoms with Crippen LogP contribution in [0.5, 0.6) is 5.75 Å². The van der Waals surface area contributed by atoms with E-state index in [9.17, 15) is 4.79 Å². The van der Waals surface area contributed by atoms with Gasteiger partial charge in [-0.1, -0.05) is 42.5 Å². The summed E-state index contributed by atoms with van der Waals surface area (Å²) in [6, 6.07) is 17.9. The third-order valence-corrected chi connectivity index (χ3v) is 4.11. The molecule has 0 fully saturated rings. The molecule has 0 saturated carbocycles. The molecule has 0 saturated heterocycles. The van der Waals surface area contributed by atoms with Gasteiger partial charge in [0.1, 0.15) is 5.75 Å². The molecular weight excluding hydrogens is 274 g/mol. The zero-order chi connectivity index (χ0) is 15.4. The van der Waals surface area contributed by atoms with E-state index in [1.165, 1.54) is 11.1 Å². The molecule has 0 aromatic heterocycles. The fourth-order valence-electron chi connectivity index (χ4n) is 2.95. The summed E-state index contributed by atoms with van der Waals surface area (Å²) in [6.45, 7) is 1.79. The van der Waals surface area contributed by atoms with Gasteiger partial charge in [0.15, 0.2) is 6.10 Å². The van der Waals surface area contributed by atoms with Crippen LogP contribution >= 0.6 is 0 Å². The summed E-state index contributed by atoms with van der Waals surface area (Å²) in [5.74, 6) is 0.653. The molecule has 0 radical (unpaired) electrons. The van der Waals surface area contributed by atoms with Gasteiger partial charge in [-0.15, -0.1) is 0 Å². The normalized spacial score (nSPS) is 18.1. The minimum Gasteiger partial charge on any atom is -0.481 e. The van der Waals surface area contributed by atoms with Crippen molar-refractivity contribution in [3.8, 4) is 5.75 Å². The SMILES string of the molecule is C[C@H](Oc1ccccc1)C(=O)N[C@@H]1CCCc2ccccc21. The van der Waals surface area contributed by atoms with Crippen LogP contribution in [0.15, 0.2) is 54.6 Å². The number of amides is 1. The quantitative estimate of drug-likeness (QED) is 0.935. The lowest BCUT2D eigenvalue weighted by Crippen LogP contribution is -2.39. The highest BCUT2D eigenvalue weighted by atomic mass is 16.5. The first-order valence-electron chi connectivity index (χ1n) is 7.84. The first-order valence-corrected chi connectivity index (χ1v) is 7.84. The van der Waals surface area contributed by atoms with Crippen LogP contribution in [0.25, 0.3) is 0 Å². The maximum Gasteiger partial charge on any atom is 0.261 e. The van der Waals surface area contributed by atoms with Crippen LogP contribution in [0.4, 0.5) is 0 Å². The molecule has 22 heavy (non-hydrogen) atoms. The molecule has 0 aliphatic heterocycles. The average Bonchev–Trinajstić information content (AvgIpc) is 2.56. The van der Waals surface area contributed by atoms with Crippen molar-refractivity contribution in [2.45, 2.75) is 38.3 Å². The van der Waals surface area contributed by atoms with Crippen molar-refractivity contribution in [2.24, 2.45) is 0 Å². The number of nitrogens with one attached hydrogen (secondary N) is 1. The second kappa shape index (κ2) is 6.65. The third kappa shape index (κ3) is 3.30. The Balaban J connectivity index is 1.65. The lowest BCUT2D eigenvalue weighted by molar-refractivity contribution is -0.128. The van der Waals surface area contributed by atoms with E-state index in [2.05, 4.69) is 23.5 Å². The number of ether oxygens (including phenoxy) is 1. The second-order valence-corrected chi connectivity index (χ2v) is 5.73. The Kier molecular flexibility index (Phi) is 4.42. The van der Waals surface area contributed by atoms with Gasteiger partial charge in [0.2, 0.25) is 0 Å². The minimum atomic E-state index is -0.503. The van der Waals surface area contributed by atoms with Gasteiger partial charge in [-0.3, -0.25) is 4.79 Å². The Morgan fingerprint density at radius 1 is 1.14 bits per heavy atom. The van der Waals surface area contributed by atoms with E-state index in [0.29, 0.717) is 5.75 Å². The molecule has 3 heteroatoms. The van der Waals surface area contributed by atoms with Crippen molar-refractivity contribution in [1.82, 2.24) is 5.32 Å². The molecule has 0 heterocycles. The molecule has 3 nitrogen and oxygen atoms in total. The summed E-state index contributed by atoms with van der Waals surface area (Å²) < 4.78 is 5.69. The monoisotopic (exact) mass is 295 g/mol. The minimum absolute atomic E-state index is 0.0643. The van der Waals surface area contributed by atoms with Crippen molar-refractivity contribution in [2.75, 3.05) is 0 Å². The topological polar surface area (TPSA) is 38.3 Å². The Bertz CT molecular complexity index is 639. The van der Waals surface area contributed by atoms with E-state index in [1.54, 1.807) is 6.92 Å². The molecule has 1 N–H and O–H groups in total. The standard InChI is InChI=1S/C19H21NO2/c1-14(22-16-10-3-2-4-11-16)19(21)20-18-13-7-9-15-8-5-6-12-17(15)18/h2-6,8,10-12,14,18H,7,9,13H2,1H3,(H,20,21)/t14-,18+/m0/s1.